The van der Waals surface area contributed by atoms with Crippen LogP contribution in [0.3, 0.4) is 0 Å². The van der Waals surface area contributed by atoms with Gasteiger partial charge >= 0.3 is 0 Å². The van der Waals surface area contributed by atoms with Crippen LogP contribution in [0.15, 0.2) is 47.2 Å². The summed E-state index contributed by atoms with van der Waals surface area (Å²) < 4.78 is 6.48. The van der Waals surface area contributed by atoms with Crippen LogP contribution < -0.4 is 10.1 Å². The van der Waals surface area contributed by atoms with Crippen LogP contribution >= 0.6 is 15.9 Å². The summed E-state index contributed by atoms with van der Waals surface area (Å²) in [5, 5.41) is 3.42. The molecule has 0 saturated carbocycles. The predicted molar refractivity (Wildman–Crippen MR) is 86.2 cm³/mol. The Bertz CT molecular complexity index is 537. The highest BCUT2D eigenvalue weighted by molar-refractivity contribution is 9.10. The molecule has 1 atom stereocenters. The van der Waals surface area contributed by atoms with Crippen LogP contribution in [-0.2, 0) is 0 Å². The molecule has 3 nitrogen and oxygen atoms in total. The number of pyridine rings is 1. The third-order valence-electron chi connectivity index (χ3n) is 2.86. The second-order valence-corrected chi connectivity index (χ2v) is 5.78. The predicted octanol–water partition coefficient (Wildman–Crippen LogP) is 4.80. The van der Waals surface area contributed by atoms with E-state index in [4.69, 9.17) is 4.74 Å². The van der Waals surface area contributed by atoms with Crippen molar-refractivity contribution in [3.63, 3.8) is 0 Å². The molecular formula is C16H19BrN2O. The van der Waals surface area contributed by atoms with Crippen molar-refractivity contribution in [3.8, 4) is 5.75 Å². The molecule has 0 radical (unpaired) electrons. The minimum absolute atomic E-state index is 0.199. The number of rotatable bonds is 5. The summed E-state index contributed by atoms with van der Waals surface area (Å²) in [5.74, 6) is 0.904. The average Bonchev–Trinajstić information content (AvgIpc) is 2.41. The van der Waals surface area contributed by atoms with Gasteiger partial charge in [0.1, 0.15) is 10.4 Å². The van der Waals surface area contributed by atoms with E-state index < -0.39 is 0 Å². The summed E-state index contributed by atoms with van der Waals surface area (Å²) in [6.45, 7) is 6.18. The van der Waals surface area contributed by atoms with Gasteiger partial charge in [0.05, 0.1) is 18.0 Å². The minimum Gasteiger partial charge on any atom is -0.491 e. The van der Waals surface area contributed by atoms with Gasteiger partial charge in [-0.25, -0.2) is 4.98 Å². The molecule has 4 heteroatoms. The van der Waals surface area contributed by atoms with E-state index >= 15 is 0 Å². The first kappa shape index (κ1) is 14.9. The highest BCUT2D eigenvalue weighted by Gasteiger charge is 2.06. The summed E-state index contributed by atoms with van der Waals surface area (Å²) >= 11 is 3.33. The normalized spacial score (nSPS) is 12.2. The van der Waals surface area contributed by atoms with Gasteiger partial charge in [0.25, 0.3) is 0 Å². The first-order valence-corrected chi connectivity index (χ1v) is 7.48. The van der Waals surface area contributed by atoms with Crippen molar-refractivity contribution in [1.29, 1.82) is 0 Å². The summed E-state index contributed by atoms with van der Waals surface area (Å²) in [4.78, 5) is 4.21. The largest absolute Gasteiger partial charge is 0.491 e. The van der Waals surface area contributed by atoms with E-state index in [1.165, 1.54) is 5.56 Å². The molecule has 1 heterocycles. The number of benzene rings is 1. The minimum atomic E-state index is 0.199. The zero-order chi connectivity index (χ0) is 14.5. The number of anilines is 1. The highest BCUT2D eigenvalue weighted by atomic mass is 79.9. The first-order valence-electron chi connectivity index (χ1n) is 6.69. The molecular weight excluding hydrogens is 316 g/mol. The molecule has 1 N–H and O–H groups in total. The quantitative estimate of drug-likeness (QED) is 0.797. The maximum Gasteiger partial charge on any atom is 0.119 e. The van der Waals surface area contributed by atoms with Gasteiger partial charge in [0.15, 0.2) is 0 Å². The fourth-order valence-corrected chi connectivity index (χ4v) is 2.14. The highest BCUT2D eigenvalue weighted by Crippen LogP contribution is 2.22. The molecule has 1 aromatic carbocycles. The fraction of sp³-hybridized carbons (Fsp3) is 0.312. The van der Waals surface area contributed by atoms with Crippen LogP contribution in [0.4, 0.5) is 5.69 Å². The molecule has 0 aliphatic heterocycles. The number of hydrogen-bond donors (Lipinski definition) is 1. The lowest BCUT2D eigenvalue weighted by atomic mass is 10.1. The SMILES string of the molecule is CC(C)Oc1ccc(C(C)Nc2ccc(Br)nc2)cc1. The number of nitrogens with zero attached hydrogens (tertiary/aromatic N) is 1. The maximum absolute atomic E-state index is 5.64. The van der Waals surface area contributed by atoms with Crippen LogP contribution in [0.1, 0.15) is 32.4 Å². The summed E-state index contributed by atoms with van der Waals surface area (Å²) in [5.41, 5.74) is 2.22. The van der Waals surface area contributed by atoms with E-state index in [0.29, 0.717) is 0 Å². The molecule has 0 aliphatic carbocycles. The van der Waals surface area contributed by atoms with Crippen LogP contribution in [0.25, 0.3) is 0 Å². The third-order valence-corrected chi connectivity index (χ3v) is 3.33. The Labute approximate surface area is 128 Å². The standard InChI is InChI=1S/C16H19BrN2O/c1-11(2)20-15-7-4-13(5-8-15)12(3)19-14-6-9-16(17)18-10-14/h4-12,19H,1-3H3. The van der Waals surface area contributed by atoms with Crippen molar-refractivity contribution in [3.05, 3.63) is 52.8 Å². The molecule has 1 aromatic heterocycles. The van der Waals surface area contributed by atoms with Crippen molar-refractivity contribution in [2.24, 2.45) is 0 Å². The number of ether oxygens (including phenoxy) is 1. The number of aromatic nitrogens is 1. The Morgan fingerprint density at radius 1 is 1.05 bits per heavy atom. The van der Waals surface area contributed by atoms with E-state index in [1.54, 1.807) is 0 Å². The topological polar surface area (TPSA) is 34.1 Å². The average molecular weight is 335 g/mol. The molecule has 0 bridgehead atoms. The Hall–Kier alpha value is -1.55. The van der Waals surface area contributed by atoms with Gasteiger partial charge in [-0.15, -0.1) is 0 Å². The van der Waals surface area contributed by atoms with Gasteiger partial charge in [0, 0.05) is 6.04 Å². The van der Waals surface area contributed by atoms with E-state index in [-0.39, 0.29) is 12.1 Å². The zero-order valence-corrected chi connectivity index (χ0v) is 13.5. The summed E-state index contributed by atoms with van der Waals surface area (Å²) in [7, 11) is 0. The van der Waals surface area contributed by atoms with Crippen LogP contribution in [0, 0.1) is 0 Å². The van der Waals surface area contributed by atoms with Crippen molar-refractivity contribution < 1.29 is 4.74 Å². The van der Waals surface area contributed by atoms with Gasteiger partial charge in [0.2, 0.25) is 0 Å². The number of nitrogens with one attached hydrogen (secondary N) is 1. The maximum atomic E-state index is 5.64. The van der Waals surface area contributed by atoms with Gasteiger partial charge < -0.3 is 10.1 Å². The van der Waals surface area contributed by atoms with Crippen LogP contribution in [0.2, 0.25) is 0 Å². The lowest BCUT2D eigenvalue weighted by molar-refractivity contribution is 0.242. The number of halogens is 1. The lowest BCUT2D eigenvalue weighted by Gasteiger charge is -2.16. The van der Waals surface area contributed by atoms with Gasteiger partial charge in [-0.1, -0.05) is 12.1 Å². The zero-order valence-electron chi connectivity index (χ0n) is 11.9. The Morgan fingerprint density at radius 2 is 1.75 bits per heavy atom. The molecule has 0 spiro atoms. The Morgan fingerprint density at radius 3 is 2.30 bits per heavy atom. The smallest absolute Gasteiger partial charge is 0.119 e. The van der Waals surface area contributed by atoms with Crippen LogP contribution in [-0.4, -0.2) is 11.1 Å². The van der Waals surface area contributed by atoms with Gasteiger partial charge in [-0.05, 0) is 66.5 Å². The van der Waals surface area contributed by atoms with Crippen molar-refractivity contribution in [1.82, 2.24) is 4.98 Å². The van der Waals surface area contributed by atoms with Crippen LogP contribution in [0.5, 0.6) is 5.75 Å². The molecule has 2 rings (SSSR count). The second-order valence-electron chi connectivity index (χ2n) is 4.97. The first-order chi connectivity index (χ1) is 9.54. The molecule has 106 valence electrons. The Kier molecular flexibility index (Phi) is 5.01. The molecule has 2 aromatic rings. The van der Waals surface area contributed by atoms with E-state index in [1.807, 2.05) is 44.3 Å². The van der Waals surface area contributed by atoms with Gasteiger partial charge in [-0.3, -0.25) is 0 Å². The molecule has 20 heavy (non-hydrogen) atoms. The number of hydrogen-bond acceptors (Lipinski definition) is 3. The summed E-state index contributed by atoms with van der Waals surface area (Å²) in [6.07, 6.45) is 2.02. The molecule has 0 aliphatic rings. The molecule has 1 unspecified atom stereocenters. The second kappa shape index (κ2) is 6.75. The van der Waals surface area contributed by atoms with E-state index in [9.17, 15) is 0 Å². The summed E-state index contributed by atoms with van der Waals surface area (Å²) in [6, 6.07) is 12.3. The van der Waals surface area contributed by atoms with E-state index in [2.05, 4.69) is 45.3 Å². The van der Waals surface area contributed by atoms with E-state index in [0.717, 1.165) is 16.0 Å². The van der Waals surface area contributed by atoms with Gasteiger partial charge in [-0.2, -0.15) is 0 Å². The molecule has 0 fully saturated rings. The van der Waals surface area contributed by atoms with Crippen molar-refractivity contribution >= 4 is 21.6 Å². The lowest BCUT2D eigenvalue weighted by Crippen LogP contribution is -2.08. The van der Waals surface area contributed by atoms with Crippen molar-refractivity contribution in [2.75, 3.05) is 5.32 Å². The third kappa shape index (κ3) is 4.23. The molecule has 0 saturated heterocycles. The fourth-order valence-electron chi connectivity index (χ4n) is 1.90. The molecule has 0 amide bonds. The Balaban J connectivity index is 2.01. The monoisotopic (exact) mass is 334 g/mol. The van der Waals surface area contributed by atoms with Crippen molar-refractivity contribution in [2.45, 2.75) is 32.9 Å².